The molecular formula is C11H11N3O. The highest BCUT2D eigenvalue weighted by Crippen LogP contribution is 2.16. The number of aliphatic hydroxyl groups excluding tert-OH is 1. The van der Waals surface area contributed by atoms with Gasteiger partial charge in [0.15, 0.2) is 0 Å². The summed E-state index contributed by atoms with van der Waals surface area (Å²) in [7, 11) is 0. The lowest BCUT2D eigenvalue weighted by Crippen LogP contribution is -1.99. The Hall–Kier alpha value is -1.94. The van der Waals surface area contributed by atoms with E-state index >= 15 is 0 Å². The van der Waals surface area contributed by atoms with Gasteiger partial charge in [-0.3, -0.25) is 0 Å². The van der Waals surface area contributed by atoms with Crippen molar-refractivity contribution in [3.8, 4) is 0 Å². The van der Waals surface area contributed by atoms with Crippen LogP contribution in [0, 0.1) is 0 Å². The number of para-hydroxylation sites is 1. The van der Waals surface area contributed by atoms with Crippen LogP contribution in [0.2, 0.25) is 0 Å². The Morgan fingerprint density at radius 3 is 2.73 bits per heavy atom. The standard InChI is InChI=1S/C11H11N3O/c15-7-9-6-12-8-13-11(9)14-10-4-2-1-3-5-10/h1-6,8,15H,7H2,(H,12,13,14). The minimum atomic E-state index is -0.0734. The number of nitrogens with zero attached hydrogens (tertiary/aromatic N) is 2. The molecule has 76 valence electrons. The number of rotatable bonds is 3. The molecule has 2 rings (SSSR count). The van der Waals surface area contributed by atoms with Gasteiger partial charge in [-0.2, -0.15) is 0 Å². The summed E-state index contributed by atoms with van der Waals surface area (Å²) < 4.78 is 0. The van der Waals surface area contributed by atoms with E-state index in [2.05, 4.69) is 15.3 Å². The van der Waals surface area contributed by atoms with Crippen LogP contribution in [-0.2, 0) is 6.61 Å². The number of aromatic nitrogens is 2. The van der Waals surface area contributed by atoms with Gasteiger partial charge >= 0.3 is 0 Å². The largest absolute Gasteiger partial charge is 0.391 e. The fourth-order valence-corrected chi connectivity index (χ4v) is 1.24. The molecule has 4 heteroatoms. The van der Waals surface area contributed by atoms with Gasteiger partial charge in [0, 0.05) is 17.4 Å². The van der Waals surface area contributed by atoms with Crippen molar-refractivity contribution in [3.63, 3.8) is 0 Å². The minimum absolute atomic E-state index is 0.0734. The van der Waals surface area contributed by atoms with E-state index < -0.39 is 0 Å². The van der Waals surface area contributed by atoms with E-state index in [9.17, 15) is 0 Å². The monoisotopic (exact) mass is 201 g/mol. The Morgan fingerprint density at radius 2 is 2.00 bits per heavy atom. The third kappa shape index (κ3) is 2.30. The first-order valence-electron chi connectivity index (χ1n) is 4.62. The lowest BCUT2D eigenvalue weighted by molar-refractivity contribution is 0.281. The third-order valence-electron chi connectivity index (χ3n) is 1.99. The molecule has 0 radical (unpaired) electrons. The van der Waals surface area contributed by atoms with Crippen molar-refractivity contribution in [2.75, 3.05) is 5.32 Å². The fourth-order valence-electron chi connectivity index (χ4n) is 1.24. The summed E-state index contributed by atoms with van der Waals surface area (Å²) in [5, 5.41) is 12.2. The van der Waals surface area contributed by atoms with E-state index in [1.807, 2.05) is 30.3 Å². The van der Waals surface area contributed by atoms with Crippen molar-refractivity contribution in [2.24, 2.45) is 0 Å². The average molecular weight is 201 g/mol. The quantitative estimate of drug-likeness (QED) is 0.793. The van der Waals surface area contributed by atoms with Gasteiger partial charge < -0.3 is 10.4 Å². The molecular weight excluding hydrogens is 190 g/mol. The summed E-state index contributed by atoms with van der Waals surface area (Å²) in [5.41, 5.74) is 1.62. The van der Waals surface area contributed by atoms with Gasteiger partial charge in [0.05, 0.1) is 6.61 Å². The number of nitrogens with one attached hydrogen (secondary N) is 1. The summed E-state index contributed by atoms with van der Waals surface area (Å²) in [5.74, 6) is 0.638. The molecule has 2 N–H and O–H groups in total. The number of benzene rings is 1. The number of anilines is 2. The normalized spacial score (nSPS) is 9.93. The zero-order valence-corrected chi connectivity index (χ0v) is 8.09. The van der Waals surface area contributed by atoms with Gasteiger partial charge in [-0.05, 0) is 12.1 Å². The lowest BCUT2D eigenvalue weighted by atomic mass is 10.3. The summed E-state index contributed by atoms with van der Waals surface area (Å²) in [6.45, 7) is -0.0734. The molecule has 0 unspecified atom stereocenters. The van der Waals surface area contributed by atoms with Crippen LogP contribution in [-0.4, -0.2) is 15.1 Å². The van der Waals surface area contributed by atoms with E-state index in [4.69, 9.17) is 5.11 Å². The first kappa shape index (κ1) is 9.61. The van der Waals surface area contributed by atoms with Gasteiger partial charge in [-0.1, -0.05) is 18.2 Å². The van der Waals surface area contributed by atoms with E-state index in [0.29, 0.717) is 11.4 Å². The number of aliphatic hydroxyl groups is 1. The number of hydrogen-bond donors (Lipinski definition) is 2. The molecule has 0 bridgehead atoms. The molecule has 0 fully saturated rings. The molecule has 1 heterocycles. The maximum absolute atomic E-state index is 9.08. The lowest BCUT2D eigenvalue weighted by Gasteiger charge is -2.07. The zero-order chi connectivity index (χ0) is 10.5. The summed E-state index contributed by atoms with van der Waals surface area (Å²) >= 11 is 0. The van der Waals surface area contributed by atoms with Crippen molar-refractivity contribution in [1.82, 2.24) is 9.97 Å². The van der Waals surface area contributed by atoms with Crippen LogP contribution in [0.3, 0.4) is 0 Å². The molecule has 0 aliphatic carbocycles. The maximum Gasteiger partial charge on any atom is 0.139 e. The SMILES string of the molecule is OCc1cncnc1Nc1ccccc1. The summed E-state index contributed by atoms with van der Waals surface area (Å²) in [6.07, 6.45) is 3.04. The highest BCUT2D eigenvalue weighted by atomic mass is 16.3. The van der Waals surface area contributed by atoms with Crippen LogP contribution in [0.4, 0.5) is 11.5 Å². The highest BCUT2D eigenvalue weighted by Gasteiger charge is 2.02. The number of hydrogen-bond acceptors (Lipinski definition) is 4. The average Bonchev–Trinajstić information content (AvgIpc) is 2.31. The Morgan fingerprint density at radius 1 is 1.20 bits per heavy atom. The highest BCUT2D eigenvalue weighted by molar-refractivity contribution is 5.58. The van der Waals surface area contributed by atoms with E-state index in [1.165, 1.54) is 6.33 Å². The van der Waals surface area contributed by atoms with Crippen molar-refractivity contribution in [1.29, 1.82) is 0 Å². The molecule has 0 aliphatic rings. The topological polar surface area (TPSA) is 58.0 Å². The summed E-state index contributed by atoms with van der Waals surface area (Å²) in [4.78, 5) is 7.91. The molecule has 15 heavy (non-hydrogen) atoms. The second-order valence-corrected chi connectivity index (χ2v) is 3.05. The van der Waals surface area contributed by atoms with Crippen LogP contribution in [0.5, 0.6) is 0 Å². The van der Waals surface area contributed by atoms with Crippen LogP contribution >= 0.6 is 0 Å². The Balaban J connectivity index is 2.24. The van der Waals surface area contributed by atoms with Crippen LogP contribution < -0.4 is 5.32 Å². The Labute approximate surface area is 87.6 Å². The van der Waals surface area contributed by atoms with E-state index in [1.54, 1.807) is 6.20 Å². The van der Waals surface area contributed by atoms with Crippen LogP contribution in [0.1, 0.15) is 5.56 Å². The Kier molecular flexibility index (Phi) is 2.90. The van der Waals surface area contributed by atoms with E-state index in [0.717, 1.165) is 5.69 Å². The van der Waals surface area contributed by atoms with Crippen molar-refractivity contribution >= 4 is 11.5 Å². The second kappa shape index (κ2) is 4.52. The molecule has 0 spiro atoms. The van der Waals surface area contributed by atoms with E-state index in [-0.39, 0.29) is 6.61 Å². The first-order chi connectivity index (χ1) is 7.40. The minimum Gasteiger partial charge on any atom is -0.391 e. The molecule has 0 saturated carbocycles. The van der Waals surface area contributed by atoms with Crippen molar-refractivity contribution in [3.05, 3.63) is 48.4 Å². The molecule has 0 atom stereocenters. The fraction of sp³-hybridized carbons (Fsp3) is 0.0909. The van der Waals surface area contributed by atoms with Gasteiger partial charge in [0.1, 0.15) is 12.1 Å². The van der Waals surface area contributed by atoms with Gasteiger partial charge in [-0.15, -0.1) is 0 Å². The van der Waals surface area contributed by atoms with Gasteiger partial charge in [0.25, 0.3) is 0 Å². The van der Waals surface area contributed by atoms with Crippen molar-refractivity contribution < 1.29 is 5.11 Å². The molecule has 2 aromatic rings. The van der Waals surface area contributed by atoms with Crippen LogP contribution in [0.15, 0.2) is 42.9 Å². The molecule has 0 saturated heterocycles. The maximum atomic E-state index is 9.08. The summed E-state index contributed by atoms with van der Waals surface area (Å²) in [6, 6.07) is 9.68. The molecule has 4 nitrogen and oxygen atoms in total. The predicted octanol–water partition coefficient (Wildman–Crippen LogP) is 1.71. The Bertz CT molecular complexity index is 431. The molecule has 0 amide bonds. The van der Waals surface area contributed by atoms with Crippen molar-refractivity contribution in [2.45, 2.75) is 6.61 Å². The smallest absolute Gasteiger partial charge is 0.139 e. The molecule has 1 aromatic carbocycles. The molecule has 1 aromatic heterocycles. The van der Waals surface area contributed by atoms with Crippen LogP contribution in [0.25, 0.3) is 0 Å². The van der Waals surface area contributed by atoms with Gasteiger partial charge in [-0.25, -0.2) is 9.97 Å². The molecule has 0 aliphatic heterocycles. The zero-order valence-electron chi connectivity index (χ0n) is 8.09. The third-order valence-corrected chi connectivity index (χ3v) is 1.99. The second-order valence-electron chi connectivity index (χ2n) is 3.05. The van der Waals surface area contributed by atoms with Gasteiger partial charge in [0.2, 0.25) is 0 Å². The predicted molar refractivity (Wildman–Crippen MR) is 57.7 cm³/mol. The first-order valence-corrected chi connectivity index (χ1v) is 4.62.